The summed E-state index contributed by atoms with van der Waals surface area (Å²) in [5, 5.41) is 6.66. The zero-order chi connectivity index (χ0) is 5.49. The number of aliphatic hydroxyl groups is 1. The lowest BCUT2D eigenvalue weighted by atomic mass is 10.5. The fourth-order valence-corrected chi connectivity index (χ4v) is 0.723. The van der Waals surface area contributed by atoms with Gasteiger partial charge in [0, 0.05) is 12.3 Å². The van der Waals surface area contributed by atoms with Crippen LogP contribution in [0.3, 0.4) is 0 Å². The minimum absolute atomic E-state index is 0.125. The maximum atomic E-state index is 12.1. The molecule has 1 nitrogen and oxygen atoms in total. The highest BCUT2D eigenvalue weighted by atomic mass is 35.5. The number of alkyl halides is 2. The van der Waals surface area contributed by atoms with Crippen LogP contribution in [0, 0.1) is 5.92 Å². The van der Waals surface area contributed by atoms with E-state index in [1.165, 1.54) is 0 Å². The number of hydrogen-bond donors (Lipinski definition) is 1. The van der Waals surface area contributed by atoms with Crippen LogP contribution in [0.1, 0.15) is 6.42 Å². The van der Waals surface area contributed by atoms with Crippen molar-refractivity contribution in [2.24, 2.45) is 5.92 Å². The van der Waals surface area contributed by atoms with Gasteiger partial charge in [0.1, 0.15) is 0 Å². The average molecular weight is 125 g/mol. The third-order valence-electron chi connectivity index (χ3n) is 1.18. The smallest absolute Gasteiger partial charge is 0.189 e. The maximum Gasteiger partial charge on any atom is 0.189 e. The first kappa shape index (κ1) is 5.32. The van der Waals surface area contributed by atoms with Gasteiger partial charge in [-0.1, -0.05) is 11.6 Å². The summed E-state index contributed by atoms with van der Waals surface area (Å²) in [5.74, 6) is -0.297. The van der Waals surface area contributed by atoms with E-state index < -0.39 is 5.13 Å². The average Bonchev–Trinajstić information content (AvgIpc) is 2.13. The van der Waals surface area contributed by atoms with Crippen LogP contribution >= 0.6 is 11.6 Å². The number of rotatable bonds is 1. The molecule has 3 heteroatoms. The molecule has 0 aromatic rings. The van der Waals surface area contributed by atoms with Crippen LogP contribution in [0.25, 0.3) is 0 Å². The zero-order valence-corrected chi connectivity index (χ0v) is 4.45. The Morgan fingerprint density at radius 3 is 2.43 bits per heavy atom. The molecule has 0 aliphatic heterocycles. The Balaban J connectivity index is 2.30. The van der Waals surface area contributed by atoms with Crippen molar-refractivity contribution in [2.75, 3.05) is 6.61 Å². The standard InChI is InChI=1S/C4H6ClFO/c5-4(6)1-3(4)2-7/h3,7H,1-2H2/t3-,4?/m0/s1. The molecule has 0 aromatic heterocycles. The van der Waals surface area contributed by atoms with Gasteiger partial charge in [-0.3, -0.25) is 0 Å². The molecule has 0 amide bonds. The summed E-state index contributed by atoms with van der Waals surface area (Å²) in [5.41, 5.74) is 0. The van der Waals surface area contributed by atoms with E-state index >= 15 is 0 Å². The van der Waals surface area contributed by atoms with E-state index in [1.54, 1.807) is 0 Å². The van der Waals surface area contributed by atoms with Crippen molar-refractivity contribution in [3.8, 4) is 0 Å². The minimum Gasteiger partial charge on any atom is -0.396 e. The SMILES string of the molecule is OC[C@@H]1CC1(F)Cl. The molecular formula is C4H6ClFO. The highest BCUT2D eigenvalue weighted by Gasteiger charge is 2.53. The van der Waals surface area contributed by atoms with E-state index in [0.29, 0.717) is 6.42 Å². The van der Waals surface area contributed by atoms with Crippen molar-refractivity contribution in [3.63, 3.8) is 0 Å². The van der Waals surface area contributed by atoms with Crippen molar-refractivity contribution < 1.29 is 9.50 Å². The van der Waals surface area contributed by atoms with Gasteiger partial charge in [0.05, 0.1) is 6.61 Å². The van der Waals surface area contributed by atoms with E-state index in [-0.39, 0.29) is 12.5 Å². The van der Waals surface area contributed by atoms with Crippen LogP contribution in [0.15, 0.2) is 0 Å². The van der Waals surface area contributed by atoms with Gasteiger partial charge < -0.3 is 5.11 Å². The normalized spacial score (nSPS) is 49.3. The Morgan fingerprint density at radius 1 is 2.00 bits per heavy atom. The van der Waals surface area contributed by atoms with E-state index in [0.717, 1.165) is 0 Å². The lowest BCUT2D eigenvalue weighted by Gasteiger charge is -1.88. The van der Waals surface area contributed by atoms with Gasteiger partial charge in [-0.2, -0.15) is 0 Å². The van der Waals surface area contributed by atoms with Crippen LogP contribution in [0.2, 0.25) is 0 Å². The molecule has 0 spiro atoms. The van der Waals surface area contributed by atoms with E-state index in [4.69, 9.17) is 16.7 Å². The second kappa shape index (κ2) is 1.33. The molecule has 0 heterocycles. The highest BCUT2D eigenvalue weighted by molar-refractivity contribution is 6.25. The second-order valence-electron chi connectivity index (χ2n) is 1.84. The summed E-state index contributed by atoms with van der Waals surface area (Å²) >= 11 is 5.08. The van der Waals surface area contributed by atoms with Crippen molar-refractivity contribution >= 4 is 11.6 Å². The summed E-state index contributed by atoms with van der Waals surface area (Å²) in [6, 6.07) is 0. The summed E-state index contributed by atoms with van der Waals surface area (Å²) in [6.45, 7) is -0.125. The van der Waals surface area contributed by atoms with Gasteiger partial charge in [0.2, 0.25) is 0 Å². The number of aliphatic hydroxyl groups excluding tert-OH is 1. The molecule has 0 aromatic carbocycles. The summed E-state index contributed by atoms with van der Waals surface area (Å²) in [7, 11) is 0. The molecule has 1 unspecified atom stereocenters. The van der Waals surface area contributed by atoms with Crippen LogP contribution in [0.4, 0.5) is 4.39 Å². The quantitative estimate of drug-likeness (QED) is 0.515. The molecule has 7 heavy (non-hydrogen) atoms. The molecule has 1 N–H and O–H groups in total. The van der Waals surface area contributed by atoms with Crippen molar-refractivity contribution in [3.05, 3.63) is 0 Å². The molecule has 0 radical (unpaired) electrons. The molecule has 1 fully saturated rings. The van der Waals surface area contributed by atoms with Gasteiger partial charge >= 0.3 is 0 Å². The summed E-state index contributed by atoms with van der Waals surface area (Å²) in [6.07, 6.45) is 0.311. The Hall–Kier alpha value is 0.180. The molecule has 1 rings (SSSR count). The molecule has 42 valence electrons. The van der Waals surface area contributed by atoms with Crippen molar-refractivity contribution in [1.29, 1.82) is 0 Å². The van der Waals surface area contributed by atoms with Crippen molar-refractivity contribution in [1.82, 2.24) is 0 Å². The van der Waals surface area contributed by atoms with Crippen LogP contribution in [-0.4, -0.2) is 16.8 Å². The number of halogens is 2. The first-order valence-corrected chi connectivity index (χ1v) is 2.53. The third kappa shape index (κ3) is 0.864. The lowest BCUT2D eigenvalue weighted by molar-refractivity contribution is 0.248. The third-order valence-corrected chi connectivity index (χ3v) is 1.64. The fourth-order valence-electron chi connectivity index (χ4n) is 0.468. The van der Waals surface area contributed by atoms with E-state index in [9.17, 15) is 4.39 Å². The first-order chi connectivity index (χ1) is 3.17. The zero-order valence-electron chi connectivity index (χ0n) is 3.69. The molecule has 1 aliphatic carbocycles. The molecule has 0 saturated heterocycles. The number of hydrogen-bond acceptors (Lipinski definition) is 1. The Labute approximate surface area is 46.1 Å². The Kier molecular flexibility index (Phi) is 1.01. The molecule has 2 atom stereocenters. The van der Waals surface area contributed by atoms with Gasteiger partial charge in [-0.15, -0.1) is 0 Å². The molecule has 0 bridgehead atoms. The molecule has 1 aliphatic rings. The summed E-state index contributed by atoms with van der Waals surface area (Å²) in [4.78, 5) is 0. The van der Waals surface area contributed by atoms with Gasteiger partial charge in [0.25, 0.3) is 0 Å². The van der Waals surface area contributed by atoms with Crippen LogP contribution < -0.4 is 0 Å². The lowest BCUT2D eigenvalue weighted by Crippen LogP contribution is -1.95. The highest BCUT2D eigenvalue weighted by Crippen LogP contribution is 2.50. The van der Waals surface area contributed by atoms with Gasteiger partial charge in [-0.05, 0) is 0 Å². The molecular weight excluding hydrogens is 118 g/mol. The Morgan fingerprint density at radius 2 is 2.43 bits per heavy atom. The predicted octanol–water partition coefficient (Wildman–Crippen LogP) is 0.903. The summed E-state index contributed by atoms with van der Waals surface area (Å²) < 4.78 is 12.1. The van der Waals surface area contributed by atoms with E-state index in [2.05, 4.69) is 0 Å². The van der Waals surface area contributed by atoms with Gasteiger partial charge in [0.15, 0.2) is 5.13 Å². The maximum absolute atomic E-state index is 12.1. The van der Waals surface area contributed by atoms with Gasteiger partial charge in [-0.25, -0.2) is 4.39 Å². The van der Waals surface area contributed by atoms with Crippen LogP contribution in [-0.2, 0) is 0 Å². The second-order valence-corrected chi connectivity index (χ2v) is 2.47. The Bertz CT molecular complexity index is 83.8. The largest absolute Gasteiger partial charge is 0.396 e. The van der Waals surface area contributed by atoms with E-state index in [1.807, 2.05) is 0 Å². The fraction of sp³-hybridized carbons (Fsp3) is 1.00. The predicted molar refractivity (Wildman–Crippen MR) is 24.9 cm³/mol. The monoisotopic (exact) mass is 124 g/mol. The topological polar surface area (TPSA) is 20.2 Å². The first-order valence-electron chi connectivity index (χ1n) is 2.15. The van der Waals surface area contributed by atoms with Crippen molar-refractivity contribution in [2.45, 2.75) is 11.5 Å². The minimum atomic E-state index is -1.56. The molecule has 1 saturated carbocycles. The van der Waals surface area contributed by atoms with Crippen LogP contribution in [0.5, 0.6) is 0 Å².